The molecule has 0 aliphatic heterocycles. The van der Waals surface area contributed by atoms with Gasteiger partial charge in [0.05, 0.1) is 5.92 Å². The fraction of sp³-hybridized carbons (Fsp3) is 0.333. The van der Waals surface area contributed by atoms with Crippen LogP contribution in [-0.2, 0) is 16.1 Å². The number of hydrogen-bond donors (Lipinski definition) is 3. The summed E-state index contributed by atoms with van der Waals surface area (Å²) in [4.78, 5) is 39.5. The molecular formula is C21H23N3O4. The van der Waals surface area contributed by atoms with Crippen molar-refractivity contribution in [1.29, 1.82) is 0 Å². The van der Waals surface area contributed by atoms with E-state index in [1.54, 1.807) is 30.6 Å². The predicted octanol–water partition coefficient (Wildman–Crippen LogP) is 2.84. The second kappa shape index (κ2) is 9.12. The van der Waals surface area contributed by atoms with E-state index in [0.717, 1.165) is 5.56 Å². The summed E-state index contributed by atoms with van der Waals surface area (Å²) in [5.41, 5.74) is 2.04. The van der Waals surface area contributed by atoms with Crippen LogP contribution in [0.1, 0.15) is 41.6 Å². The summed E-state index contributed by atoms with van der Waals surface area (Å²) in [6.07, 6.45) is 5.42. The van der Waals surface area contributed by atoms with Crippen LogP contribution in [0.5, 0.6) is 0 Å². The molecule has 1 fully saturated rings. The number of amides is 2. The number of anilines is 1. The lowest BCUT2D eigenvalue weighted by Crippen LogP contribution is -2.34. The lowest BCUT2D eigenvalue weighted by Gasteiger charge is -2.25. The van der Waals surface area contributed by atoms with Gasteiger partial charge in [0.1, 0.15) is 0 Å². The maximum atomic E-state index is 12.4. The average molecular weight is 381 g/mol. The third-order valence-corrected chi connectivity index (χ3v) is 5.04. The highest BCUT2D eigenvalue weighted by Crippen LogP contribution is 2.29. The van der Waals surface area contributed by atoms with Crippen LogP contribution in [0.4, 0.5) is 5.69 Å². The van der Waals surface area contributed by atoms with Crippen LogP contribution in [0.3, 0.4) is 0 Å². The van der Waals surface area contributed by atoms with Gasteiger partial charge in [-0.15, -0.1) is 0 Å². The summed E-state index contributed by atoms with van der Waals surface area (Å²) in [6.45, 7) is 0.358. The van der Waals surface area contributed by atoms with Crippen molar-refractivity contribution in [3.8, 4) is 0 Å². The zero-order valence-electron chi connectivity index (χ0n) is 15.4. The molecule has 7 heteroatoms. The molecule has 1 saturated carbocycles. The van der Waals surface area contributed by atoms with Crippen molar-refractivity contribution < 1.29 is 19.5 Å². The molecule has 7 nitrogen and oxygen atoms in total. The van der Waals surface area contributed by atoms with Gasteiger partial charge < -0.3 is 15.7 Å². The number of aliphatic carboxylic acids is 1. The second-order valence-electron chi connectivity index (χ2n) is 6.99. The number of nitrogens with zero attached hydrogens (tertiary/aromatic N) is 1. The van der Waals surface area contributed by atoms with Gasteiger partial charge in [0.25, 0.3) is 5.91 Å². The van der Waals surface area contributed by atoms with E-state index >= 15 is 0 Å². The number of nitrogens with one attached hydrogen (secondary N) is 2. The number of benzene rings is 1. The first-order valence-electron chi connectivity index (χ1n) is 9.34. The smallest absolute Gasteiger partial charge is 0.306 e. The first-order chi connectivity index (χ1) is 13.5. The Labute approximate surface area is 163 Å². The third-order valence-electron chi connectivity index (χ3n) is 5.04. The van der Waals surface area contributed by atoms with Gasteiger partial charge in [0.2, 0.25) is 5.91 Å². The van der Waals surface area contributed by atoms with E-state index in [1.807, 2.05) is 18.2 Å². The molecule has 0 bridgehead atoms. The summed E-state index contributed by atoms with van der Waals surface area (Å²) in [7, 11) is 0. The van der Waals surface area contributed by atoms with Gasteiger partial charge in [0.15, 0.2) is 0 Å². The van der Waals surface area contributed by atoms with Crippen LogP contribution in [-0.4, -0.2) is 27.9 Å². The van der Waals surface area contributed by atoms with Gasteiger partial charge >= 0.3 is 5.97 Å². The molecule has 0 unspecified atom stereocenters. The van der Waals surface area contributed by atoms with E-state index in [0.29, 0.717) is 43.5 Å². The molecule has 1 aliphatic rings. The molecule has 1 aliphatic carbocycles. The van der Waals surface area contributed by atoms with Gasteiger partial charge in [-0.05, 0) is 55.5 Å². The molecule has 0 atom stereocenters. The highest BCUT2D eigenvalue weighted by molar-refractivity contribution is 6.04. The van der Waals surface area contributed by atoms with Crippen molar-refractivity contribution >= 4 is 23.5 Å². The second-order valence-corrected chi connectivity index (χ2v) is 6.99. The molecule has 1 aromatic heterocycles. The monoisotopic (exact) mass is 381 g/mol. The topological polar surface area (TPSA) is 108 Å². The summed E-state index contributed by atoms with van der Waals surface area (Å²) in [5, 5.41) is 14.8. The number of carbonyl (C=O) groups is 3. The Morgan fingerprint density at radius 1 is 1.00 bits per heavy atom. The van der Waals surface area contributed by atoms with Crippen molar-refractivity contribution in [1.82, 2.24) is 10.3 Å². The molecule has 146 valence electrons. The van der Waals surface area contributed by atoms with Crippen molar-refractivity contribution in [2.24, 2.45) is 11.8 Å². The zero-order chi connectivity index (χ0) is 19.9. The Balaban J connectivity index is 1.51. The molecule has 2 amide bonds. The van der Waals surface area contributed by atoms with Gasteiger partial charge in [-0.2, -0.15) is 0 Å². The predicted molar refractivity (Wildman–Crippen MR) is 104 cm³/mol. The lowest BCUT2D eigenvalue weighted by atomic mass is 9.81. The summed E-state index contributed by atoms with van der Waals surface area (Å²) < 4.78 is 0. The Kier molecular flexibility index (Phi) is 6.37. The largest absolute Gasteiger partial charge is 0.481 e. The minimum absolute atomic E-state index is 0.0462. The normalized spacial score (nSPS) is 18.9. The fourth-order valence-electron chi connectivity index (χ4n) is 3.40. The standard InChI is InChI=1S/C21H23N3O4/c25-19(15-4-6-17(7-5-15)21(27)28)23-13-14-2-1-3-18(12-14)24-20(26)16-8-10-22-11-9-16/h1-3,8-12,15,17H,4-7,13H2,(H,23,25)(H,24,26)(H,27,28). The van der Waals surface area contributed by atoms with Crippen molar-refractivity contribution in [2.75, 3.05) is 5.32 Å². The van der Waals surface area contributed by atoms with E-state index in [4.69, 9.17) is 5.11 Å². The van der Waals surface area contributed by atoms with Crippen LogP contribution in [0, 0.1) is 11.8 Å². The van der Waals surface area contributed by atoms with Crippen LogP contribution >= 0.6 is 0 Å². The van der Waals surface area contributed by atoms with Crippen molar-refractivity contribution in [2.45, 2.75) is 32.2 Å². The van der Waals surface area contributed by atoms with E-state index in [9.17, 15) is 14.4 Å². The van der Waals surface area contributed by atoms with Gasteiger partial charge in [-0.3, -0.25) is 19.4 Å². The number of carboxylic acid groups (broad SMARTS) is 1. The number of pyridine rings is 1. The van der Waals surface area contributed by atoms with E-state index < -0.39 is 5.97 Å². The van der Waals surface area contributed by atoms with Crippen molar-refractivity contribution in [3.05, 3.63) is 59.9 Å². The first-order valence-corrected chi connectivity index (χ1v) is 9.34. The van der Waals surface area contributed by atoms with Crippen LogP contribution < -0.4 is 10.6 Å². The molecule has 0 spiro atoms. The fourth-order valence-corrected chi connectivity index (χ4v) is 3.40. The molecule has 1 aromatic carbocycles. The summed E-state index contributed by atoms with van der Waals surface area (Å²) >= 11 is 0. The summed E-state index contributed by atoms with van der Waals surface area (Å²) in [5.74, 6) is -1.51. The molecule has 3 N–H and O–H groups in total. The van der Waals surface area contributed by atoms with Gasteiger partial charge in [-0.1, -0.05) is 12.1 Å². The minimum atomic E-state index is -0.774. The van der Waals surface area contributed by atoms with E-state index in [1.165, 1.54) is 0 Å². The maximum Gasteiger partial charge on any atom is 0.306 e. The first kappa shape index (κ1) is 19.5. The highest BCUT2D eigenvalue weighted by Gasteiger charge is 2.29. The van der Waals surface area contributed by atoms with Crippen molar-refractivity contribution in [3.63, 3.8) is 0 Å². The molecule has 0 saturated heterocycles. The van der Waals surface area contributed by atoms with Crippen LogP contribution in [0.25, 0.3) is 0 Å². The molecule has 0 radical (unpaired) electrons. The molecule has 28 heavy (non-hydrogen) atoms. The van der Waals surface area contributed by atoms with Crippen LogP contribution in [0.15, 0.2) is 48.8 Å². The Morgan fingerprint density at radius 2 is 1.68 bits per heavy atom. The van der Waals surface area contributed by atoms with Gasteiger partial charge in [0, 0.05) is 36.1 Å². The minimum Gasteiger partial charge on any atom is -0.481 e. The number of aromatic nitrogens is 1. The Morgan fingerprint density at radius 3 is 2.36 bits per heavy atom. The number of carbonyl (C=O) groups excluding carboxylic acids is 2. The molecule has 2 aromatic rings. The quantitative estimate of drug-likeness (QED) is 0.713. The molecule has 3 rings (SSSR count). The SMILES string of the molecule is O=C(Nc1cccc(CNC(=O)C2CCC(C(=O)O)CC2)c1)c1ccncc1. The highest BCUT2D eigenvalue weighted by atomic mass is 16.4. The third kappa shape index (κ3) is 5.16. The number of carboxylic acids is 1. The number of rotatable bonds is 6. The van der Waals surface area contributed by atoms with Crippen LogP contribution in [0.2, 0.25) is 0 Å². The zero-order valence-corrected chi connectivity index (χ0v) is 15.4. The maximum absolute atomic E-state index is 12.4. The average Bonchev–Trinajstić information content (AvgIpc) is 2.73. The van der Waals surface area contributed by atoms with E-state index in [2.05, 4.69) is 15.6 Å². The molecule has 1 heterocycles. The summed E-state index contributed by atoms with van der Waals surface area (Å²) in [6, 6.07) is 10.6. The molecular weight excluding hydrogens is 358 g/mol. The Hall–Kier alpha value is -3.22. The van der Waals surface area contributed by atoms with Gasteiger partial charge in [-0.25, -0.2) is 0 Å². The Bertz CT molecular complexity index is 846. The van der Waals surface area contributed by atoms with E-state index in [-0.39, 0.29) is 23.7 Å². The lowest BCUT2D eigenvalue weighted by molar-refractivity contribution is -0.144. The number of hydrogen-bond acceptors (Lipinski definition) is 4.